The highest BCUT2D eigenvalue weighted by Gasteiger charge is 2.19. The number of nitrogens with two attached hydrogens (primary N) is 1. The third kappa shape index (κ3) is 6.45. The fourth-order valence-corrected chi connectivity index (χ4v) is 1.50. The van der Waals surface area contributed by atoms with Crippen LogP contribution in [0.1, 0.15) is 41.0 Å². The lowest BCUT2D eigenvalue weighted by Gasteiger charge is -2.29. The van der Waals surface area contributed by atoms with Crippen LogP contribution in [0.15, 0.2) is 16.5 Å². The molecule has 1 amide bonds. The minimum absolute atomic E-state index is 0.251. The van der Waals surface area contributed by atoms with Crippen molar-refractivity contribution in [2.24, 2.45) is 10.7 Å². The topological polar surface area (TPSA) is 79.9 Å². The van der Waals surface area contributed by atoms with Gasteiger partial charge in [0, 0.05) is 13.1 Å². The maximum Gasteiger partial charge on any atom is 0.407 e. The van der Waals surface area contributed by atoms with Crippen LogP contribution in [0.5, 0.6) is 0 Å². The standard InChI is InChI=1S/C14H28N4O2/c1-8-10(2)18(7)11(12(15)16-6)9-17-13(19)20-14(3,4)5/h10H,6,8-9,15H2,1-5,7H3,(H,17,19)/b12-11-. The van der Waals surface area contributed by atoms with Crippen molar-refractivity contribution in [3.63, 3.8) is 0 Å². The summed E-state index contributed by atoms with van der Waals surface area (Å²) in [5.74, 6) is 0.309. The summed E-state index contributed by atoms with van der Waals surface area (Å²) in [7, 11) is 1.91. The van der Waals surface area contributed by atoms with Crippen LogP contribution in [0.3, 0.4) is 0 Å². The van der Waals surface area contributed by atoms with E-state index >= 15 is 0 Å². The van der Waals surface area contributed by atoms with Crippen LogP contribution in [0.25, 0.3) is 0 Å². The molecule has 0 saturated heterocycles. The molecule has 0 saturated carbocycles. The first-order chi connectivity index (χ1) is 9.12. The maximum absolute atomic E-state index is 11.7. The van der Waals surface area contributed by atoms with Gasteiger partial charge in [0.2, 0.25) is 0 Å². The summed E-state index contributed by atoms with van der Waals surface area (Å²) in [6.07, 6.45) is 0.473. The summed E-state index contributed by atoms with van der Waals surface area (Å²) in [6, 6.07) is 0.283. The van der Waals surface area contributed by atoms with Gasteiger partial charge in [-0.3, -0.25) is 0 Å². The van der Waals surface area contributed by atoms with Gasteiger partial charge < -0.3 is 20.7 Å². The summed E-state index contributed by atoms with van der Waals surface area (Å²) in [4.78, 5) is 17.4. The number of carbonyl (C=O) groups excluding carboxylic acids is 1. The molecule has 0 aromatic carbocycles. The molecule has 6 nitrogen and oxygen atoms in total. The Labute approximate surface area is 122 Å². The van der Waals surface area contributed by atoms with Crippen molar-refractivity contribution in [2.45, 2.75) is 52.7 Å². The zero-order valence-corrected chi connectivity index (χ0v) is 13.5. The fraction of sp³-hybridized carbons (Fsp3) is 0.714. The molecule has 1 atom stereocenters. The highest BCUT2D eigenvalue weighted by atomic mass is 16.6. The molecular weight excluding hydrogens is 256 g/mol. The minimum atomic E-state index is -0.529. The van der Waals surface area contributed by atoms with E-state index in [0.717, 1.165) is 12.1 Å². The van der Waals surface area contributed by atoms with E-state index in [1.807, 2.05) is 32.7 Å². The van der Waals surface area contributed by atoms with Gasteiger partial charge in [-0.25, -0.2) is 9.79 Å². The molecule has 0 bridgehead atoms. The number of nitrogens with one attached hydrogen (secondary N) is 1. The van der Waals surface area contributed by atoms with Gasteiger partial charge >= 0.3 is 6.09 Å². The largest absolute Gasteiger partial charge is 0.444 e. The molecule has 3 N–H and O–H groups in total. The average Bonchev–Trinajstić information content (AvgIpc) is 2.35. The van der Waals surface area contributed by atoms with E-state index in [4.69, 9.17) is 10.5 Å². The first-order valence-corrected chi connectivity index (χ1v) is 6.77. The molecule has 0 fully saturated rings. The number of likely N-dealkylation sites (N-methyl/N-ethyl adjacent to an activating group) is 1. The van der Waals surface area contributed by atoms with Crippen LogP contribution in [0.2, 0.25) is 0 Å². The quantitative estimate of drug-likeness (QED) is 0.732. The Balaban J connectivity index is 4.79. The third-order valence-electron chi connectivity index (χ3n) is 2.94. The van der Waals surface area contributed by atoms with Crippen LogP contribution in [-0.2, 0) is 4.74 Å². The van der Waals surface area contributed by atoms with Crippen molar-refractivity contribution < 1.29 is 9.53 Å². The lowest BCUT2D eigenvalue weighted by Crippen LogP contribution is -2.39. The van der Waals surface area contributed by atoms with Crippen molar-refractivity contribution in [1.29, 1.82) is 0 Å². The third-order valence-corrected chi connectivity index (χ3v) is 2.94. The number of rotatable bonds is 6. The number of alkyl carbamates (subject to hydrolysis) is 1. The van der Waals surface area contributed by atoms with E-state index in [9.17, 15) is 4.79 Å². The molecule has 0 aromatic rings. The number of hydrogen-bond acceptors (Lipinski definition) is 5. The van der Waals surface area contributed by atoms with Crippen LogP contribution < -0.4 is 11.1 Å². The van der Waals surface area contributed by atoms with Gasteiger partial charge in [0.05, 0.1) is 12.2 Å². The lowest BCUT2D eigenvalue weighted by molar-refractivity contribution is 0.0528. The molecule has 0 aliphatic carbocycles. The van der Waals surface area contributed by atoms with E-state index in [1.54, 1.807) is 0 Å². The highest BCUT2D eigenvalue weighted by molar-refractivity contribution is 5.68. The van der Waals surface area contributed by atoms with Gasteiger partial charge in [-0.15, -0.1) is 0 Å². The SMILES string of the molecule is C=N/C(N)=C(/CNC(=O)OC(C)(C)C)N(C)C(C)CC. The van der Waals surface area contributed by atoms with E-state index in [-0.39, 0.29) is 12.6 Å². The first kappa shape index (κ1) is 18.3. The predicted octanol–water partition coefficient (Wildman–Crippen LogP) is 2.07. The number of aliphatic imine (C=N–C) groups is 1. The van der Waals surface area contributed by atoms with Crippen molar-refractivity contribution in [3.8, 4) is 0 Å². The number of ether oxygens (including phenoxy) is 1. The fourth-order valence-electron chi connectivity index (χ4n) is 1.50. The van der Waals surface area contributed by atoms with E-state index in [1.165, 1.54) is 0 Å². The Hall–Kier alpha value is -1.72. The van der Waals surface area contributed by atoms with E-state index in [0.29, 0.717) is 5.82 Å². The Morgan fingerprint density at radius 2 is 2.05 bits per heavy atom. The zero-order chi connectivity index (χ0) is 15.9. The van der Waals surface area contributed by atoms with Gasteiger partial charge in [0.25, 0.3) is 0 Å². The Kier molecular flexibility index (Phi) is 7.10. The van der Waals surface area contributed by atoms with Gasteiger partial charge in [-0.2, -0.15) is 0 Å². The van der Waals surface area contributed by atoms with Crippen molar-refractivity contribution >= 4 is 12.8 Å². The molecule has 6 heteroatoms. The molecule has 0 spiro atoms. The Bertz CT molecular complexity index is 372. The number of nitrogens with zero attached hydrogens (tertiary/aromatic N) is 2. The van der Waals surface area contributed by atoms with Gasteiger partial charge in [0.1, 0.15) is 11.4 Å². The van der Waals surface area contributed by atoms with Crippen molar-refractivity contribution in [1.82, 2.24) is 10.2 Å². The second-order valence-corrected chi connectivity index (χ2v) is 5.71. The summed E-state index contributed by atoms with van der Waals surface area (Å²) < 4.78 is 5.19. The summed E-state index contributed by atoms with van der Waals surface area (Å²) in [5.41, 5.74) is 6.03. The molecule has 0 rings (SSSR count). The number of carbonyl (C=O) groups is 1. The minimum Gasteiger partial charge on any atom is -0.444 e. The second-order valence-electron chi connectivity index (χ2n) is 5.71. The Morgan fingerprint density at radius 3 is 2.45 bits per heavy atom. The molecule has 0 heterocycles. The van der Waals surface area contributed by atoms with E-state index in [2.05, 4.69) is 30.9 Å². The summed E-state index contributed by atoms with van der Waals surface area (Å²) in [6.45, 7) is 13.3. The van der Waals surface area contributed by atoms with Gasteiger partial charge in [-0.1, -0.05) is 6.92 Å². The van der Waals surface area contributed by atoms with Crippen LogP contribution in [0.4, 0.5) is 4.79 Å². The first-order valence-electron chi connectivity index (χ1n) is 6.77. The monoisotopic (exact) mass is 284 g/mol. The average molecular weight is 284 g/mol. The van der Waals surface area contributed by atoms with Crippen LogP contribution in [-0.4, -0.2) is 42.9 Å². The van der Waals surface area contributed by atoms with Crippen molar-refractivity contribution in [3.05, 3.63) is 11.5 Å². The molecule has 20 heavy (non-hydrogen) atoms. The molecule has 0 aromatic heterocycles. The zero-order valence-electron chi connectivity index (χ0n) is 13.5. The predicted molar refractivity (Wildman–Crippen MR) is 82.5 cm³/mol. The second kappa shape index (κ2) is 7.77. The number of hydrogen-bond donors (Lipinski definition) is 2. The van der Waals surface area contributed by atoms with Gasteiger partial charge in [-0.05, 0) is 40.8 Å². The van der Waals surface area contributed by atoms with Crippen molar-refractivity contribution in [2.75, 3.05) is 13.6 Å². The number of amides is 1. The highest BCUT2D eigenvalue weighted by Crippen LogP contribution is 2.12. The molecule has 0 aliphatic rings. The molecular formula is C14H28N4O2. The van der Waals surface area contributed by atoms with Crippen LogP contribution >= 0.6 is 0 Å². The maximum atomic E-state index is 11.7. The smallest absolute Gasteiger partial charge is 0.407 e. The lowest BCUT2D eigenvalue weighted by atomic mass is 10.2. The van der Waals surface area contributed by atoms with Gasteiger partial charge in [0.15, 0.2) is 0 Å². The Morgan fingerprint density at radius 1 is 1.50 bits per heavy atom. The molecule has 0 aliphatic heterocycles. The summed E-state index contributed by atoms with van der Waals surface area (Å²) in [5, 5.41) is 2.69. The normalized spacial score (nSPS) is 14.1. The molecule has 116 valence electrons. The van der Waals surface area contributed by atoms with E-state index < -0.39 is 11.7 Å². The van der Waals surface area contributed by atoms with Crippen LogP contribution in [0, 0.1) is 0 Å². The molecule has 1 unspecified atom stereocenters. The summed E-state index contributed by atoms with van der Waals surface area (Å²) >= 11 is 0. The molecule has 0 radical (unpaired) electrons.